The SMILES string of the molecule is Cl.O=C(NCc1ccccc1-n1cccn1)C1CSCN1. The molecule has 0 spiro atoms. The van der Waals surface area contributed by atoms with Crippen LogP contribution in [0.5, 0.6) is 0 Å². The fraction of sp³-hybridized carbons (Fsp3) is 0.286. The second-order valence-electron chi connectivity index (χ2n) is 4.57. The van der Waals surface area contributed by atoms with E-state index >= 15 is 0 Å². The van der Waals surface area contributed by atoms with Crippen LogP contribution in [0.4, 0.5) is 0 Å². The Morgan fingerprint density at radius 2 is 2.29 bits per heavy atom. The van der Waals surface area contributed by atoms with Gasteiger partial charge in [-0.05, 0) is 17.7 Å². The first-order valence-corrected chi connectivity index (χ1v) is 7.67. The van der Waals surface area contributed by atoms with E-state index in [0.29, 0.717) is 6.54 Å². The minimum absolute atomic E-state index is 0. The Labute approximate surface area is 133 Å². The van der Waals surface area contributed by atoms with E-state index < -0.39 is 0 Å². The number of thioether (sulfide) groups is 1. The highest BCUT2D eigenvalue weighted by Crippen LogP contribution is 2.14. The zero-order valence-corrected chi connectivity index (χ0v) is 13.0. The van der Waals surface area contributed by atoms with Crippen molar-refractivity contribution < 1.29 is 4.79 Å². The summed E-state index contributed by atoms with van der Waals surface area (Å²) < 4.78 is 1.81. The van der Waals surface area contributed by atoms with Crippen LogP contribution in [-0.4, -0.2) is 33.4 Å². The van der Waals surface area contributed by atoms with Crippen LogP contribution in [0, 0.1) is 0 Å². The minimum atomic E-state index is -0.0723. The van der Waals surface area contributed by atoms with Gasteiger partial charge in [0.25, 0.3) is 0 Å². The van der Waals surface area contributed by atoms with Gasteiger partial charge in [-0.15, -0.1) is 24.2 Å². The van der Waals surface area contributed by atoms with Gasteiger partial charge in [0.1, 0.15) is 0 Å². The standard InChI is InChI=1S/C14H16N4OS.ClH/c19-14(12-9-20-10-16-12)15-8-11-4-1-2-5-13(11)18-7-3-6-17-18;/h1-7,12,16H,8-10H2,(H,15,19);1H. The number of halogens is 1. The van der Waals surface area contributed by atoms with Crippen LogP contribution in [-0.2, 0) is 11.3 Å². The third-order valence-corrected chi connectivity index (χ3v) is 4.17. The Balaban J connectivity index is 0.00000161. The molecule has 21 heavy (non-hydrogen) atoms. The number of nitrogens with zero attached hydrogens (tertiary/aromatic N) is 2. The maximum atomic E-state index is 12.0. The van der Waals surface area contributed by atoms with E-state index in [2.05, 4.69) is 15.7 Å². The van der Waals surface area contributed by atoms with Crippen molar-refractivity contribution in [1.29, 1.82) is 0 Å². The van der Waals surface area contributed by atoms with Crippen LogP contribution in [0.2, 0.25) is 0 Å². The molecule has 0 aliphatic carbocycles. The molecule has 1 aromatic heterocycles. The summed E-state index contributed by atoms with van der Waals surface area (Å²) >= 11 is 1.75. The molecular formula is C14H17ClN4OS. The Bertz CT molecular complexity index is 584. The molecule has 1 amide bonds. The van der Waals surface area contributed by atoms with E-state index in [0.717, 1.165) is 22.9 Å². The van der Waals surface area contributed by atoms with E-state index in [4.69, 9.17) is 0 Å². The fourth-order valence-electron chi connectivity index (χ4n) is 2.16. The molecule has 0 bridgehead atoms. The van der Waals surface area contributed by atoms with Crippen LogP contribution >= 0.6 is 24.2 Å². The second kappa shape index (κ2) is 7.49. The highest BCUT2D eigenvalue weighted by Gasteiger charge is 2.22. The number of carbonyl (C=O) groups excluding carboxylic acids is 1. The summed E-state index contributed by atoms with van der Waals surface area (Å²) in [4.78, 5) is 12.0. The number of nitrogens with one attached hydrogen (secondary N) is 2. The molecule has 1 unspecified atom stereocenters. The van der Waals surface area contributed by atoms with Crippen molar-refractivity contribution in [2.24, 2.45) is 0 Å². The van der Waals surface area contributed by atoms with Crippen molar-refractivity contribution in [3.63, 3.8) is 0 Å². The lowest BCUT2D eigenvalue weighted by molar-refractivity contribution is -0.122. The zero-order chi connectivity index (χ0) is 13.8. The third-order valence-electron chi connectivity index (χ3n) is 3.23. The molecule has 1 aliphatic rings. The summed E-state index contributed by atoms with van der Waals surface area (Å²) in [6, 6.07) is 9.76. The van der Waals surface area contributed by atoms with Gasteiger partial charge in [-0.25, -0.2) is 4.68 Å². The number of hydrogen-bond acceptors (Lipinski definition) is 4. The lowest BCUT2D eigenvalue weighted by Crippen LogP contribution is -2.41. The van der Waals surface area contributed by atoms with Gasteiger partial charge >= 0.3 is 0 Å². The van der Waals surface area contributed by atoms with Crippen molar-refractivity contribution >= 4 is 30.1 Å². The molecule has 2 N–H and O–H groups in total. The van der Waals surface area contributed by atoms with E-state index in [1.165, 1.54) is 0 Å². The molecule has 7 heteroatoms. The number of hydrogen-bond donors (Lipinski definition) is 2. The predicted molar refractivity (Wildman–Crippen MR) is 86.9 cm³/mol. The number of carbonyl (C=O) groups is 1. The van der Waals surface area contributed by atoms with Gasteiger partial charge < -0.3 is 5.32 Å². The largest absolute Gasteiger partial charge is 0.351 e. The summed E-state index contributed by atoms with van der Waals surface area (Å²) in [5.41, 5.74) is 2.04. The van der Waals surface area contributed by atoms with Crippen molar-refractivity contribution in [3.05, 3.63) is 48.3 Å². The molecule has 2 heterocycles. The van der Waals surface area contributed by atoms with Crippen LogP contribution < -0.4 is 10.6 Å². The average Bonchev–Trinajstić information content (AvgIpc) is 3.17. The molecule has 1 saturated heterocycles. The summed E-state index contributed by atoms with van der Waals surface area (Å²) in [7, 11) is 0. The van der Waals surface area contributed by atoms with Gasteiger partial charge in [0.15, 0.2) is 0 Å². The van der Waals surface area contributed by atoms with Gasteiger partial charge in [-0.1, -0.05) is 18.2 Å². The number of amides is 1. The molecule has 3 rings (SSSR count). The fourth-order valence-corrected chi connectivity index (χ4v) is 3.11. The molecule has 112 valence electrons. The normalized spacial score (nSPS) is 17.2. The number of para-hydroxylation sites is 1. The number of benzene rings is 1. The first-order chi connectivity index (χ1) is 9.84. The molecule has 0 saturated carbocycles. The Morgan fingerprint density at radius 3 is 3.00 bits per heavy atom. The zero-order valence-electron chi connectivity index (χ0n) is 11.4. The Morgan fingerprint density at radius 1 is 1.43 bits per heavy atom. The summed E-state index contributed by atoms with van der Waals surface area (Å²) in [6.45, 7) is 0.512. The van der Waals surface area contributed by atoms with Crippen LogP contribution in [0.1, 0.15) is 5.56 Å². The quantitative estimate of drug-likeness (QED) is 0.896. The summed E-state index contributed by atoms with van der Waals surface area (Å²) in [5.74, 6) is 1.75. The molecule has 2 aromatic rings. The van der Waals surface area contributed by atoms with E-state index in [1.54, 1.807) is 18.0 Å². The highest BCUT2D eigenvalue weighted by molar-refractivity contribution is 7.99. The predicted octanol–water partition coefficient (Wildman–Crippen LogP) is 1.57. The van der Waals surface area contributed by atoms with Crippen LogP contribution in [0.3, 0.4) is 0 Å². The smallest absolute Gasteiger partial charge is 0.238 e. The lowest BCUT2D eigenvalue weighted by atomic mass is 10.1. The summed E-state index contributed by atoms with van der Waals surface area (Å²) in [6.07, 6.45) is 3.64. The van der Waals surface area contributed by atoms with E-state index in [9.17, 15) is 4.79 Å². The summed E-state index contributed by atoms with van der Waals surface area (Å²) in [5, 5.41) is 10.4. The maximum absolute atomic E-state index is 12.0. The first-order valence-electron chi connectivity index (χ1n) is 6.51. The van der Waals surface area contributed by atoms with Crippen molar-refractivity contribution in [2.45, 2.75) is 12.6 Å². The Hall–Kier alpha value is -1.50. The molecular weight excluding hydrogens is 308 g/mol. The number of rotatable bonds is 4. The molecule has 1 aliphatic heterocycles. The van der Waals surface area contributed by atoms with Crippen LogP contribution in [0.25, 0.3) is 5.69 Å². The van der Waals surface area contributed by atoms with Crippen LogP contribution in [0.15, 0.2) is 42.7 Å². The average molecular weight is 325 g/mol. The lowest BCUT2D eigenvalue weighted by Gasteiger charge is -2.13. The van der Waals surface area contributed by atoms with E-state index in [-0.39, 0.29) is 24.4 Å². The van der Waals surface area contributed by atoms with Gasteiger partial charge in [0, 0.05) is 30.6 Å². The number of aromatic nitrogens is 2. The maximum Gasteiger partial charge on any atom is 0.238 e. The third kappa shape index (κ3) is 3.78. The minimum Gasteiger partial charge on any atom is -0.351 e. The van der Waals surface area contributed by atoms with Gasteiger partial charge in [-0.2, -0.15) is 5.10 Å². The van der Waals surface area contributed by atoms with Crippen molar-refractivity contribution in [1.82, 2.24) is 20.4 Å². The second-order valence-corrected chi connectivity index (χ2v) is 5.60. The molecule has 0 radical (unpaired) electrons. The molecule has 5 nitrogen and oxygen atoms in total. The van der Waals surface area contributed by atoms with Gasteiger partial charge in [0.05, 0.1) is 11.7 Å². The monoisotopic (exact) mass is 324 g/mol. The van der Waals surface area contributed by atoms with E-state index in [1.807, 2.05) is 41.2 Å². The molecule has 1 atom stereocenters. The topological polar surface area (TPSA) is 59.0 Å². The Kier molecular flexibility index (Phi) is 5.67. The first kappa shape index (κ1) is 15.9. The van der Waals surface area contributed by atoms with Gasteiger partial charge in [-0.3, -0.25) is 10.1 Å². The molecule has 1 fully saturated rings. The highest BCUT2D eigenvalue weighted by atomic mass is 35.5. The van der Waals surface area contributed by atoms with Gasteiger partial charge in [0.2, 0.25) is 5.91 Å². The van der Waals surface area contributed by atoms with Crippen molar-refractivity contribution in [2.75, 3.05) is 11.6 Å². The van der Waals surface area contributed by atoms with Crippen molar-refractivity contribution in [3.8, 4) is 5.69 Å². The molecule has 1 aromatic carbocycles.